The van der Waals surface area contributed by atoms with Gasteiger partial charge < -0.3 is 0 Å². The molecule has 1 aromatic heterocycles. The molecule has 2 aromatic rings. The summed E-state index contributed by atoms with van der Waals surface area (Å²) in [4.78, 5) is 8.13. The van der Waals surface area contributed by atoms with Gasteiger partial charge in [-0.05, 0) is 17.7 Å². The molecule has 0 unspecified atom stereocenters. The first-order valence-corrected chi connectivity index (χ1v) is 4.94. The van der Waals surface area contributed by atoms with Crippen LogP contribution in [0.4, 0.5) is 0 Å². The monoisotopic (exact) mass is 216 g/mol. The fourth-order valence-corrected chi connectivity index (χ4v) is 1.31. The molecule has 0 fully saturated rings. The number of rotatable bonds is 2. The molecule has 0 radical (unpaired) electrons. The van der Waals surface area contributed by atoms with Gasteiger partial charge in [-0.25, -0.2) is 9.97 Å². The Morgan fingerprint density at radius 2 is 1.80 bits per heavy atom. The summed E-state index contributed by atoms with van der Waals surface area (Å²) in [6.07, 6.45) is 5.42. The van der Waals surface area contributed by atoms with Crippen molar-refractivity contribution in [2.75, 3.05) is 0 Å². The van der Waals surface area contributed by atoms with Crippen molar-refractivity contribution in [3.8, 4) is 0 Å². The van der Waals surface area contributed by atoms with E-state index >= 15 is 0 Å². The van der Waals surface area contributed by atoms with Crippen LogP contribution in [0.5, 0.6) is 0 Å². The van der Waals surface area contributed by atoms with Gasteiger partial charge in [-0.3, -0.25) is 0 Å². The standard InChI is InChI=1S/C12H9ClN2/c13-11-8-9-14-12(15-11)7-6-10-4-2-1-3-5-10/h1-9H. The lowest BCUT2D eigenvalue weighted by atomic mass is 10.2. The van der Waals surface area contributed by atoms with Crippen molar-refractivity contribution in [3.63, 3.8) is 0 Å². The molecule has 1 heterocycles. The molecule has 15 heavy (non-hydrogen) atoms. The molecule has 2 rings (SSSR count). The highest BCUT2D eigenvalue weighted by atomic mass is 35.5. The third kappa shape index (κ3) is 2.89. The Balaban J connectivity index is 2.19. The highest BCUT2D eigenvalue weighted by molar-refractivity contribution is 6.29. The smallest absolute Gasteiger partial charge is 0.153 e. The molecule has 3 heteroatoms. The molecule has 0 bridgehead atoms. The SMILES string of the molecule is Clc1ccnc(C=Cc2ccccc2)n1. The van der Waals surface area contributed by atoms with Crippen LogP contribution in [-0.4, -0.2) is 9.97 Å². The lowest BCUT2D eigenvalue weighted by Gasteiger charge is -1.93. The second-order valence-corrected chi connectivity index (χ2v) is 3.37. The zero-order valence-corrected chi connectivity index (χ0v) is 8.72. The van der Waals surface area contributed by atoms with Crippen LogP contribution in [0.1, 0.15) is 11.4 Å². The molecule has 0 aliphatic carbocycles. The molecule has 1 aromatic carbocycles. The number of benzene rings is 1. The number of aromatic nitrogens is 2. The minimum Gasteiger partial charge on any atom is -0.237 e. The zero-order chi connectivity index (χ0) is 10.5. The van der Waals surface area contributed by atoms with E-state index in [1.54, 1.807) is 12.3 Å². The average Bonchev–Trinajstić information content (AvgIpc) is 2.28. The van der Waals surface area contributed by atoms with Crippen molar-refractivity contribution in [3.05, 3.63) is 59.1 Å². The van der Waals surface area contributed by atoms with Gasteiger partial charge >= 0.3 is 0 Å². The van der Waals surface area contributed by atoms with Crippen LogP contribution in [0.3, 0.4) is 0 Å². The molecule has 0 saturated heterocycles. The summed E-state index contributed by atoms with van der Waals surface area (Å²) in [5.74, 6) is 0.617. The Bertz CT molecular complexity index is 466. The van der Waals surface area contributed by atoms with Crippen molar-refractivity contribution < 1.29 is 0 Å². The van der Waals surface area contributed by atoms with Crippen LogP contribution in [0.25, 0.3) is 12.2 Å². The second-order valence-electron chi connectivity index (χ2n) is 2.98. The normalized spacial score (nSPS) is 10.7. The largest absolute Gasteiger partial charge is 0.237 e. The van der Waals surface area contributed by atoms with Crippen LogP contribution in [0.15, 0.2) is 42.6 Å². The topological polar surface area (TPSA) is 25.8 Å². The van der Waals surface area contributed by atoms with Gasteiger partial charge in [0.2, 0.25) is 0 Å². The Kier molecular flexibility index (Phi) is 3.10. The molecule has 0 spiro atoms. The van der Waals surface area contributed by atoms with E-state index < -0.39 is 0 Å². The number of nitrogens with zero attached hydrogens (tertiary/aromatic N) is 2. The summed E-state index contributed by atoms with van der Waals surface area (Å²) < 4.78 is 0. The van der Waals surface area contributed by atoms with Crippen LogP contribution >= 0.6 is 11.6 Å². The van der Waals surface area contributed by atoms with Crippen molar-refractivity contribution in [1.82, 2.24) is 9.97 Å². The van der Waals surface area contributed by atoms with Gasteiger partial charge in [0.25, 0.3) is 0 Å². The summed E-state index contributed by atoms with van der Waals surface area (Å²) in [6.45, 7) is 0. The van der Waals surface area contributed by atoms with Crippen LogP contribution in [-0.2, 0) is 0 Å². The maximum Gasteiger partial charge on any atom is 0.153 e. The highest BCUT2D eigenvalue weighted by Gasteiger charge is 1.91. The van der Waals surface area contributed by atoms with Gasteiger partial charge in [-0.15, -0.1) is 0 Å². The Morgan fingerprint density at radius 1 is 1.00 bits per heavy atom. The fourth-order valence-electron chi connectivity index (χ4n) is 1.17. The molecular weight excluding hydrogens is 208 g/mol. The van der Waals surface area contributed by atoms with E-state index in [1.165, 1.54) is 0 Å². The van der Waals surface area contributed by atoms with Crippen molar-refractivity contribution >= 4 is 23.8 Å². The second kappa shape index (κ2) is 4.71. The maximum absolute atomic E-state index is 5.74. The highest BCUT2D eigenvalue weighted by Crippen LogP contribution is 2.06. The minimum atomic E-state index is 0.456. The molecule has 0 amide bonds. The van der Waals surface area contributed by atoms with Crippen LogP contribution in [0.2, 0.25) is 5.15 Å². The minimum absolute atomic E-state index is 0.456. The lowest BCUT2D eigenvalue weighted by Crippen LogP contribution is -1.85. The first kappa shape index (κ1) is 9.87. The van der Waals surface area contributed by atoms with E-state index in [-0.39, 0.29) is 0 Å². The molecule has 2 nitrogen and oxygen atoms in total. The fraction of sp³-hybridized carbons (Fsp3) is 0. The van der Waals surface area contributed by atoms with Crippen molar-refractivity contribution in [2.45, 2.75) is 0 Å². The van der Waals surface area contributed by atoms with Crippen molar-refractivity contribution in [1.29, 1.82) is 0 Å². The van der Waals surface area contributed by atoms with Crippen molar-refractivity contribution in [2.24, 2.45) is 0 Å². The molecule has 0 aliphatic rings. The van der Waals surface area contributed by atoms with Gasteiger partial charge in [0.05, 0.1) is 0 Å². The summed E-state index contributed by atoms with van der Waals surface area (Å²) in [6, 6.07) is 11.6. The molecule has 0 N–H and O–H groups in total. The van der Waals surface area contributed by atoms with E-state index in [0.717, 1.165) is 5.56 Å². The summed E-state index contributed by atoms with van der Waals surface area (Å²) in [5.41, 5.74) is 1.11. The maximum atomic E-state index is 5.74. The molecule has 0 saturated carbocycles. The number of halogens is 1. The van der Waals surface area contributed by atoms with Gasteiger partial charge in [0.1, 0.15) is 5.15 Å². The van der Waals surface area contributed by atoms with E-state index in [0.29, 0.717) is 11.0 Å². The third-order valence-corrected chi connectivity index (χ3v) is 2.08. The Labute approximate surface area is 93.3 Å². The van der Waals surface area contributed by atoms with Crippen LogP contribution in [0, 0.1) is 0 Å². The molecule has 0 atom stereocenters. The van der Waals surface area contributed by atoms with Crippen LogP contribution < -0.4 is 0 Å². The van der Waals surface area contributed by atoms with E-state index in [4.69, 9.17) is 11.6 Å². The predicted molar refractivity (Wildman–Crippen MR) is 62.4 cm³/mol. The molecular formula is C12H9ClN2. The quantitative estimate of drug-likeness (QED) is 0.720. The Hall–Kier alpha value is -1.67. The van der Waals surface area contributed by atoms with E-state index in [9.17, 15) is 0 Å². The number of hydrogen-bond donors (Lipinski definition) is 0. The number of hydrogen-bond acceptors (Lipinski definition) is 2. The lowest BCUT2D eigenvalue weighted by molar-refractivity contribution is 1.14. The van der Waals surface area contributed by atoms with Gasteiger partial charge in [-0.2, -0.15) is 0 Å². The predicted octanol–water partition coefficient (Wildman–Crippen LogP) is 3.30. The summed E-state index contributed by atoms with van der Waals surface area (Å²) in [7, 11) is 0. The first-order chi connectivity index (χ1) is 7.34. The van der Waals surface area contributed by atoms with E-state index in [1.807, 2.05) is 42.5 Å². The summed E-state index contributed by atoms with van der Waals surface area (Å²) in [5, 5.41) is 0.456. The van der Waals surface area contributed by atoms with E-state index in [2.05, 4.69) is 9.97 Å². The molecule has 0 aliphatic heterocycles. The van der Waals surface area contributed by atoms with Gasteiger partial charge in [0.15, 0.2) is 5.82 Å². The molecule has 74 valence electrons. The summed E-state index contributed by atoms with van der Waals surface area (Å²) >= 11 is 5.74. The first-order valence-electron chi connectivity index (χ1n) is 4.56. The van der Waals surface area contributed by atoms with Gasteiger partial charge in [-0.1, -0.05) is 48.0 Å². The average molecular weight is 217 g/mol. The zero-order valence-electron chi connectivity index (χ0n) is 7.97. The Morgan fingerprint density at radius 3 is 2.53 bits per heavy atom. The third-order valence-electron chi connectivity index (χ3n) is 1.86. The van der Waals surface area contributed by atoms with Gasteiger partial charge in [0, 0.05) is 6.20 Å².